The van der Waals surface area contributed by atoms with Crippen LogP contribution in [0.15, 0.2) is 0 Å². The van der Waals surface area contributed by atoms with Gasteiger partial charge in [0, 0.05) is 0 Å². The maximum Gasteiger partial charge on any atom is 0.111 e. The fourth-order valence-corrected chi connectivity index (χ4v) is 0.671. The fourth-order valence-electron chi connectivity index (χ4n) is 0.671. The van der Waals surface area contributed by atoms with Crippen molar-refractivity contribution in [2.75, 3.05) is 39.6 Å². The molecule has 0 radical (unpaired) electrons. The highest BCUT2D eigenvalue weighted by Gasteiger charge is 2.29. The third-order valence-corrected chi connectivity index (χ3v) is 1.71. The summed E-state index contributed by atoms with van der Waals surface area (Å²) in [6.07, 6.45) is -6.39. The number of hydrogen-bond donors (Lipinski definition) is 10. The van der Waals surface area contributed by atoms with E-state index in [4.69, 9.17) is 51.1 Å². The van der Waals surface area contributed by atoms with Crippen LogP contribution in [0.3, 0.4) is 0 Å². The molecule has 0 aliphatic heterocycles. The molecule has 0 heterocycles. The molecule has 0 aromatic carbocycles. The van der Waals surface area contributed by atoms with Crippen LogP contribution in [0, 0.1) is 0 Å². The molecule has 10 nitrogen and oxygen atoms in total. The van der Waals surface area contributed by atoms with E-state index in [1.165, 1.54) is 0 Å². The molecule has 0 aromatic rings. The second-order valence-electron chi connectivity index (χ2n) is 3.38. The Hall–Kier alpha value is -0.400. The molecule has 0 fully saturated rings. The fraction of sp³-hybridized carbons (Fsp3) is 1.00. The van der Waals surface area contributed by atoms with Crippen molar-refractivity contribution < 1.29 is 51.1 Å². The van der Waals surface area contributed by atoms with E-state index in [1.807, 2.05) is 0 Å². The van der Waals surface area contributed by atoms with Crippen LogP contribution >= 0.6 is 0 Å². The summed E-state index contributed by atoms with van der Waals surface area (Å²) in [6.45, 7) is -1.95. The molecule has 0 aromatic heterocycles. The van der Waals surface area contributed by atoms with Gasteiger partial charge in [-0.2, -0.15) is 0 Å². The molecular weight excluding hydrogens is 280 g/mol. The minimum absolute atomic E-state index is 0.125. The molecule has 4 unspecified atom stereocenters. The number of hydrogen-bond acceptors (Lipinski definition) is 10. The summed E-state index contributed by atoms with van der Waals surface area (Å²) in [5.74, 6) is 0. The Balaban J connectivity index is -0.000000297. The quantitative estimate of drug-likeness (QED) is 0.216. The molecule has 0 rings (SSSR count). The number of aliphatic hydroxyl groups excluding tert-OH is 10. The smallest absolute Gasteiger partial charge is 0.111 e. The normalized spacial score (nSPS) is 15.9. The Morgan fingerprint density at radius 1 is 0.450 bits per heavy atom. The second kappa shape index (κ2) is 18.6. The molecule has 126 valence electrons. The molecule has 10 heteroatoms. The standard InChI is InChI=1S/C6H14O6.2C2H6O2/c7-1-3(9)5(11)6(12)4(10)2-8;2*3-1-2-4/h3-12H,1-2H2;2*3-4H,1-2H2. The van der Waals surface area contributed by atoms with E-state index in [2.05, 4.69) is 0 Å². The molecule has 0 saturated heterocycles. The van der Waals surface area contributed by atoms with Crippen LogP contribution in [0.5, 0.6) is 0 Å². The molecule has 20 heavy (non-hydrogen) atoms. The zero-order valence-electron chi connectivity index (χ0n) is 11.0. The molecule has 0 bridgehead atoms. The van der Waals surface area contributed by atoms with Crippen molar-refractivity contribution in [3.8, 4) is 0 Å². The maximum absolute atomic E-state index is 8.96. The molecule has 0 aliphatic rings. The van der Waals surface area contributed by atoms with Crippen molar-refractivity contribution in [1.82, 2.24) is 0 Å². The average molecular weight is 306 g/mol. The molecule has 0 aliphatic carbocycles. The highest BCUT2D eigenvalue weighted by Crippen LogP contribution is 2.03. The van der Waals surface area contributed by atoms with Gasteiger partial charge in [0.15, 0.2) is 0 Å². The number of rotatable bonds is 7. The first-order valence-electron chi connectivity index (χ1n) is 5.75. The Kier molecular flexibility index (Phi) is 22.9. The third kappa shape index (κ3) is 15.7. The summed E-state index contributed by atoms with van der Waals surface area (Å²) in [6, 6.07) is 0. The lowest BCUT2D eigenvalue weighted by molar-refractivity contribution is -0.123. The Bertz CT molecular complexity index is 148. The molecular formula is C10H26O10. The minimum atomic E-state index is -1.67. The van der Waals surface area contributed by atoms with E-state index < -0.39 is 37.6 Å². The van der Waals surface area contributed by atoms with E-state index in [0.29, 0.717) is 0 Å². The van der Waals surface area contributed by atoms with Gasteiger partial charge in [-0.15, -0.1) is 0 Å². The minimum Gasteiger partial charge on any atom is -0.394 e. The molecule has 0 spiro atoms. The van der Waals surface area contributed by atoms with Crippen LogP contribution in [0.2, 0.25) is 0 Å². The van der Waals surface area contributed by atoms with Gasteiger partial charge < -0.3 is 51.1 Å². The Labute approximate surface area is 116 Å². The summed E-state index contributed by atoms with van der Waals surface area (Å²) in [7, 11) is 0. The summed E-state index contributed by atoms with van der Waals surface area (Å²) in [5, 5.41) is 82.7. The third-order valence-electron chi connectivity index (χ3n) is 1.71. The first-order chi connectivity index (χ1) is 9.37. The zero-order chi connectivity index (χ0) is 16.6. The monoisotopic (exact) mass is 306 g/mol. The predicted molar refractivity (Wildman–Crippen MR) is 66.5 cm³/mol. The maximum atomic E-state index is 8.96. The highest BCUT2D eigenvalue weighted by atomic mass is 16.4. The first-order valence-corrected chi connectivity index (χ1v) is 5.75. The van der Waals surface area contributed by atoms with Crippen molar-refractivity contribution in [2.24, 2.45) is 0 Å². The van der Waals surface area contributed by atoms with Crippen molar-refractivity contribution in [3.63, 3.8) is 0 Å². The van der Waals surface area contributed by atoms with Crippen LogP contribution in [-0.2, 0) is 0 Å². The van der Waals surface area contributed by atoms with Crippen molar-refractivity contribution in [2.45, 2.75) is 24.4 Å². The van der Waals surface area contributed by atoms with Gasteiger partial charge in [-0.3, -0.25) is 0 Å². The summed E-state index contributed by atoms with van der Waals surface area (Å²) >= 11 is 0. The first kappa shape index (κ1) is 24.6. The van der Waals surface area contributed by atoms with Crippen LogP contribution in [0.4, 0.5) is 0 Å². The lowest BCUT2D eigenvalue weighted by Crippen LogP contribution is -2.46. The summed E-state index contributed by atoms with van der Waals surface area (Å²) < 4.78 is 0. The van der Waals surface area contributed by atoms with Gasteiger partial charge in [-0.1, -0.05) is 0 Å². The van der Waals surface area contributed by atoms with Gasteiger partial charge in [0.05, 0.1) is 39.6 Å². The van der Waals surface area contributed by atoms with E-state index >= 15 is 0 Å². The van der Waals surface area contributed by atoms with E-state index in [0.717, 1.165) is 0 Å². The SMILES string of the molecule is OCC(O)C(O)C(O)C(O)CO.OCCO.OCCO. The Morgan fingerprint density at radius 3 is 0.750 bits per heavy atom. The highest BCUT2D eigenvalue weighted by molar-refractivity contribution is 4.79. The van der Waals surface area contributed by atoms with Crippen LogP contribution in [-0.4, -0.2) is 115 Å². The van der Waals surface area contributed by atoms with Gasteiger partial charge >= 0.3 is 0 Å². The molecule has 0 saturated carbocycles. The lowest BCUT2D eigenvalue weighted by Gasteiger charge is -2.24. The Morgan fingerprint density at radius 2 is 0.650 bits per heavy atom. The molecule has 4 atom stereocenters. The van der Waals surface area contributed by atoms with Crippen molar-refractivity contribution in [3.05, 3.63) is 0 Å². The van der Waals surface area contributed by atoms with Crippen LogP contribution < -0.4 is 0 Å². The number of aliphatic hydroxyl groups is 10. The van der Waals surface area contributed by atoms with E-state index in [-0.39, 0.29) is 26.4 Å². The average Bonchev–Trinajstić information content (AvgIpc) is 2.51. The van der Waals surface area contributed by atoms with Gasteiger partial charge in [0.1, 0.15) is 24.4 Å². The summed E-state index contributed by atoms with van der Waals surface area (Å²) in [5.41, 5.74) is 0. The predicted octanol–water partition coefficient (Wildman–Crippen LogP) is -5.64. The van der Waals surface area contributed by atoms with Crippen LogP contribution in [0.25, 0.3) is 0 Å². The van der Waals surface area contributed by atoms with Gasteiger partial charge in [0.25, 0.3) is 0 Å². The lowest BCUT2D eigenvalue weighted by atomic mass is 10.0. The molecule has 10 N–H and O–H groups in total. The topological polar surface area (TPSA) is 202 Å². The van der Waals surface area contributed by atoms with Gasteiger partial charge in [-0.05, 0) is 0 Å². The van der Waals surface area contributed by atoms with Gasteiger partial charge in [-0.25, -0.2) is 0 Å². The largest absolute Gasteiger partial charge is 0.394 e. The van der Waals surface area contributed by atoms with E-state index in [9.17, 15) is 0 Å². The summed E-state index contributed by atoms with van der Waals surface area (Å²) in [4.78, 5) is 0. The second-order valence-corrected chi connectivity index (χ2v) is 3.38. The van der Waals surface area contributed by atoms with E-state index in [1.54, 1.807) is 0 Å². The van der Waals surface area contributed by atoms with Crippen LogP contribution in [0.1, 0.15) is 0 Å². The molecule has 0 amide bonds. The van der Waals surface area contributed by atoms with Gasteiger partial charge in [0.2, 0.25) is 0 Å². The van der Waals surface area contributed by atoms with Crippen molar-refractivity contribution >= 4 is 0 Å². The zero-order valence-corrected chi connectivity index (χ0v) is 11.0. The van der Waals surface area contributed by atoms with Crippen molar-refractivity contribution in [1.29, 1.82) is 0 Å².